The number of hydrogen-bond acceptors (Lipinski definition) is 4. The second kappa shape index (κ2) is 6.01. The summed E-state index contributed by atoms with van der Waals surface area (Å²) < 4.78 is 0. The van der Waals surface area contributed by atoms with Gasteiger partial charge in [0.25, 0.3) is 5.91 Å². The molecular formula is C13H16N4O2. The molecule has 1 aromatic carbocycles. The van der Waals surface area contributed by atoms with Crippen LogP contribution in [0.1, 0.15) is 10.5 Å². The monoisotopic (exact) mass is 260 g/mol. The summed E-state index contributed by atoms with van der Waals surface area (Å²) >= 11 is 0. The van der Waals surface area contributed by atoms with Crippen molar-refractivity contribution in [2.45, 2.75) is 0 Å². The number of likely N-dealkylation sites (N-methyl/N-ethyl adjacent to an activating group) is 1. The van der Waals surface area contributed by atoms with E-state index >= 15 is 0 Å². The van der Waals surface area contributed by atoms with E-state index in [9.17, 15) is 4.79 Å². The molecule has 6 nitrogen and oxygen atoms in total. The van der Waals surface area contributed by atoms with E-state index in [4.69, 9.17) is 5.11 Å². The normalized spacial score (nSPS) is 10.2. The number of benzene rings is 1. The summed E-state index contributed by atoms with van der Waals surface area (Å²) in [6, 6.07) is 9.02. The molecule has 0 aliphatic rings. The van der Waals surface area contributed by atoms with Crippen LogP contribution in [0.3, 0.4) is 0 Å². The molecule has 2 aromatic rings. The third kappa shape index (κ3) is 3.32. The van der Waals surface area contributed by atoms with Crippen molar-refractivity contribution in [2.75, 3.05) is 30.4 Å². The van der Waals surface area contributed by atoms with Crippen LogP contribution in [0.15, 0.2) is 36.5 Å². The topological polar surface area (TPSA) is 81.2 Å². The van der Waals surface area contributed by atoms with E-state index in [1.807, 2.05) is 36.2 Å². The molecule has 0 atom stereocenters. The van der Waals surface area contributed by atoms with Crippen LogP contribution in [0.5, 0.6) is 0 Å². The van der Waals surface area contributed by atoms with Crippen molar-refractivity contribution in [2.24, 2.45) is 0 Å². The zero-order valence-corrected chi connectivity index (χ0v) is 10.6. The number of carbonyl (C=O) groups is 1. The molecule has 0 aliphatic heterocycles. The number of aromatic amines is 1. The maximum absolute atomic E-state index is 11.8. The molecule has 0 aliphatic carbocycles. The minimum Gasteiger partial charge on any atom is -0.395 e. The second-order valence-corrected chi connectivity index (χ2v) is 4.12. The number of aliphatic hydroxyl groups is 1. The number of nitrogens with one attached hydrogen (secondary N) is 2. The highest BCUT2D eigenvalue weighted by atomic mass is 16.3. The smallest absolute Gasteiger partial charge is 0.273 e. The summed E-state index contributed by atoms with van der Waals surface area (Å²) in [5, 5.41) is 18.0. The number of anilines is 2. The van der Waals surface area contributed by atoms with Gasteiger partial charge in [-0.25, -0.2) is 0 Å². The molecular weight excluding hydrogens is 244 g/mol. The van der Waals surface area contributed by atoms with Gasteiger partial charge in [0.05, 0.1) is 6.61 Å². The van der Waals surface area contributed by atoms with Crippen LogP contribution in [0.4, 0.5) is 11.4 Å². The number of carbonyl (C=O) groups excluding carboxylic acids is 1. The van der Waals surface area contributed by atoms with Gasteiger partial charge in [0, 0.05) is 31.2 Å². The summed E-state index contributed by atoms with van der Waals surface area (Å²) in [7, 11) is 1.90. The van der Waals surface area contributed by atoms with Crippen molar-refractivity contribution >= 4 is 17.3 Å². The van der Waals surface area contributed by atoms with E-state index < -0.39 is 0 Å². The predicted octanol–water partition coefficient (Wildman–Crippen LogP) is 1.09. The van der Waals surface area contributed by atoms with Gasteiger partial charge in [0.2, 0.25) is 0 Å². The minimum atomic E-state index is -0.228. The van der Waals surface area contributed by atoms with E-state index in [-0.39, 0.29) is 12.5 Å². The number of aromatic nitrogens is 2. The van der Waals surface area contributed by atoms with Gasteiger partial charge in [-0.05, 0) is 30.3 Å². The first kappa shape index (κ1) is 13.1. The van der Waals surface area contributed by atoms with Crippen LogP contribution < -0.4 is 10.2 Å². The van der Waals surface area contributed by atoms with Crippen molar-refractivity contribution in [1.82, 2.24) is 10.2 Å². The molecule has 0 spiro atoms. The lowest BCUT2D eigenvalue weighted by Crippen LogP contribution is -2.21. The van der Waals surface area contributed by atoms with Crippen LogP contribution in [0.25, 0.3) is 0 Å². The molecule has 2 rings (SSSR count). The Labute approximate surface area is 111 Å². The first-order chi connectivity index (χ1) is 9.20. The Morgan fingerprint density at radius 3 is 2.68 bits per heavy atom. The molecule has 0 saturated carbocycles. The Bertz CT molecular complexity index is 522. The van der Waals surface area contributed by atoms with Gasteiger partial charge in [-0.1, -0.05) is 0 Å². The van der Waals surface area contributed by atoms with Crippen LogP contribution in [0.2, 0.25) is 0 Å². The van der Waals surface area contributed by atoms with Gasteiger partial charge in [0.1, 0.15) is 5.69 Å². The number of H-pyrrole nitrogens is 1. The molecule has 0 fully saturated rings. The largest absolute Gasteiger partial charge is 0.395 e. The van der Waals surface area contributed by atoms with Crippen molar-refractivity contribution in [1.29, 1.82) is 0 Å². The van der Waals surface area contributed by atoms with E-state index in [1.165, 1.54) is 6.20 Å². The summed E-state index contributed by atoms with van der Waals surface area (Å²) in [5.74, 6) is -0.228. The zero-order valence-electron chi connectivity index (χ0n) is 10.6. The summed E-state index contributed by atoms with van der Waals surface area (Å²) in [5.41, 5.74) is 2.11. The molecule has 1 amide bonds. The Morgan fingerprint density at radius 1 is 1.37 bits per heavy atom. The fraction of sp³-hybridized carbons (Fsp3) is 0.231. The van der Waals surface area contributed by atoms with Gasteiger partial charge < -0.3 is 15.3 Å². The summed E-state index contributed by atoms with van der Waals surface area (Å²) in [4.78, 5) is 13.7. The lowest BCUT2D eigenvalue weighted by molar-refractivity contribution is 0.102. The second-order valence-electron chi connectivity index (χ2n) is 4.12. The molecule has 100 valence electrons. The molecule has 0 saturated heterocycles. The highest BCUT2D eigenvalue weighted by Crippen LogP contribution is 2.17. The van der Waals surface area contributed by atoms with E-state index in [1.54, 1.807) is 6.07 Å². The number of rotatable bonds is 5. The van der Waals surface area contributed by atoms with Gasteiger partial charge in [0.15, 0.2) is 0 Å². The van der Waals surface area contributed by atoms with Crippen LogP contribution in [-0.2, 0) is 0 Å². The Hall–Kier alpha value is -2.34. The number of hydrogen-bond donors (Lipinski definition) is 3. The number of aliphatic hydroxyl groups excluding tert-OH is 1. The van der Waals surface area contributed by atoms with Crippen molar-refractivity contribution in [3.63, 3.8) is 0 Å². The van der Waals surface area contributed by atoms with E-state index in [2.05, 4.69) is 15.5 Å². The standard InChI is InChI=1S/C13H16N4O2/c1-17(8-9-18)11-4-2-10(3-5-11)15-13(19)12-6-7-14-16-12/h2-7,18H,8-9H2,1H3,(H,14,16)(H,15,19). The number of amides is 1. The molecule has 0 radical (unpaired) electrons. The molecule has 0 bridgehead atoms. The Kier molecular flexibility index (Phi) is 4.15. The summed E-state index contributed by atoms with van der Waals surface area (Å²) in [6.07, 6.45) is 1.53. The fourth-order valence-electron chi connectivity index (χ4n) is 1.66. The Balaban J connectivity index is 2.01. The highest BCUT2D eigenvalue weighted by Gasteiger charge is 2.07. The quantitative estimate of drug-likeness (QED) is 0.751. The first-order valence-corrected chi connectivity index (χ1v) is 5.93. The Morgan fingerprint density at radius 2 is 2.11 bits per heavy atom. The molecule has 6 heteroatoms. The first-order valence-electron chi connectivity index (χ1n) is 5.93. The van der Waals surface area contributed by atoms with Gasteiger partial charge in [-0.3, -0.25) is 9.89 Å². The van der Waals surface area contributed by atoms with Crippen LogP contribution >= 0.6 is 0 Å². The minimum absolute atomic E-state index is 0.106. The van der Waals surface area contributed by atoms with Crippen molar-refractivity contribution in [3.05, 3.63) is 42.2 Å². The highest BCUT2D eigenvalue weighted by molar-refractivity contribution is 6.02. The molecule has 3 N–H and O–H groups in total. The maximum atomic E-state index is 11.8. The number of nitrogens with zero attached hydrogens (tertiary/aromatic N) is 2. The van der Waals surface area contributed by atoms with E-state index in [0.717, 1.165) is 5.69 Å². The van der Waals surface area contributed by atoms with Crippen LogP contribution in [0, 0.1) is 0 Å². The molecule has 19 heavy (non-hydrogen) atoms. The SMILES string of the molecule is CN(CCO)c1ccc(NC(=O)c2ccn[nH]2)cc1. The third-order valence-electron chi connectivity index (χ3n) is 2.75. The lowest BCUT2D eigenvalue weighted by Gasteiger charge is -2.18. The van der Waals surface area contributed by atoms with Gasteiger partial charge in [-0.15, -0.1) is 0 Å². The van der Waals surface area contributed by atoms with Crippen LogP contribution in [-0.4, -0.2) is 41.4 Å². The average molecular weight is 260 g/mol. The molecule has 1 aromatic heterocycles. The van der Waals surface area contributed by atoms with Crippen molar-refractivity contribution in [3.8, 4) is 0 Å². The van der Waals surface area contributed by atoms with Gasteiger partial charge in [-0.2, -0.15) is 5.10 Å². The third-order valence-corrected chi connectivity index (χ3v) is 2.75. The maximum Gasteiger partial charge on any atom is 0.273 e. The molecule has 0 unspecified atom stereocenters. The van der Waals surface area contributed by atoms with Crippen molar-refractivity contribution < 1.29 is 9.90 Å². The zero-order chi connectivity index (χ0) is 13.7. The fourth-order valence-corrected chi connectivity index (χ4v) is 1.66. The molecule has 1 heterocycles. The van der Waals surface area contributed by atoms with E-state index in [0.29, 0.717) is 17.9 Å². The summed E-state index contributed by atoms with van der Waals surface area (Å²) in [6.45, 7) is 0.675. The van der Waals surface area contributed by atoms with Gasteiger partial charge >= 0.3 is 0 Å². The average Bonchev–Trinajstić information content (AvgIpc) is 2.94. The lowest BCUT2D eigenvalue weighted by atomic mass is 10.2. The predicted molar refractivity (Wildman–Crippen MR) is 73.3 cm³/mol.